The van der Waals surface area contributed by atoms with E-state index in [1.165, 1.54) is 0 Å². The molecule has 1 amide bonds. The predicted molar refractivity (Wildman–Crippen MR) is 83.3 cm³/mol. The second-order valence-corrected chi connectivity index (χ2v) is 4.87. The summed E-state index contributed by atoms with van der Waals surface area (Å²) in [5.41, 5.74) is 0. The SMILES string of the molecule is COCCNc1nc(Cl)nc(NCCOC(=O)NC(C)C)n1. The highest BCUT2D eigenvalue weighted by molar-refractivity contribution is 6.28. The lowest BCUT2D eigenvalue weighted by atomic mass is 10.4. The van der Waals surface area contributed by atoms with Crippen molar-refractivity contribution in [1.82, 2.24) is 20.3 Å². The fourth-order valence-corrected chi connectivity index (χ4v) is 1.52. The Balaban J connectivity index is 2.37. The molecule has 0 aliphatic heterocycles. The Bertz CT molecular complexity index is 474. The van der Waals surface area contributed by atoms with Crippen molar-refractivity contribution in [1.29, 1.82) is 0 Å². The van der Waals surface area contributed by atoms with Crippen molar-refractivity contribution in [3.8, 4) is 0 Å². The number of ether oxygens (including phenoxy) is 2. The Labute approximate surface area is 134 Å². The normalized spacial score (nSPS) is 10.4. The molecule has 1 heterocycles. The van der Waals surface area contributed by atoms with Crippen LogP contribution in [0.2, 0.25) is 5.28 Å². The van der Waals surface area contributed by atoms with Gasteiger partial charge < -0.3 is 25.4 Å². The van der Waals surface area contributed by atoms with E-state index in [-0.39, 0.29) is 17.9 Å². The minimum Gasteiger partial charge on any atom is -0.448 e. The Morgan fingerprint density at radius 3 is 2.27 bits per heavy atom. The quantitative estimate of drug-likeness (QED) is 0.577. The van der Waals surface area contributed by atoms with Crippen molar-refractivity contribution in [2.24, 2.45) is 0 Å². The highest BCUT2D eigenvalue weighted by atomic mass is 35.5. The molecule has 124 valence electrons. The van der Waals surface area contributed by atoms with Crippen LogP contribution in [0.15, 0.2) is 0 Å². The maximum Gasteiger partial charge on any atom is 0.407 e. The molecule has 0 unspecified atom stereocenters. The third-order valence-corrected chi connectivity index (χ3v) is 2.39. The van der Waals surface area contributed by atoms with Crippen LogP contribution in [0.5, 0.6) is 0 Å². The predicted octanol–water partition coefficient (Wildman–Crippen LogP) is 1.13. The van der Waals surface area contributed by atoms with Crippen LogP contribution in [0.25, 0.3) is 0 Å². The van der Waals surface area contributed by atoms with Gasteiger partial charge >= 0.3 is 6.09 Å². The van der Waals surface area contributed by atoms with Gasteiger partial charge in [0, 0.05) is 19.7 Å². The Morgan fingerprint density at radius 2 is 1.73 bits per heavy atom. The molecule has 0 saturated heterocycles. The van der Waals surface area contributed by atoms with Crippen LogP contribution < -0.4 is 16.0 Å². The van der Waals surface area contributed by atoms with Crippen molar-refractivity contribution in [3.05, 3.63) is 5.28 Å². The summed E-state index contributed by atoms with van der Waals surface area (Å²) in [4.78, 5) is 23.3. The van der Waals surface area contributed by atoms with Gasteiger partial charge in [0.25, 0.3) is 0 Å². The van der Waals surface area contributed by atoms with Gasteiger partial charge in [-0.15, -0.1) is 0 Å². The third-order valence-electron chi connectivity index (χ3n) is 2.22. The fourth-order valence-electron chi connectivity index (χ4n) is 1.36. The summed E-state index contributed by atoms with van der Waals surface area (Å²) in [7, 11) is 1.60. The number of methoxy groups -OCH3 is 1. The average Bonchev–Trinajstić information content (AvgIpc) is 2.43. The van der Waals surface area contributed by atoms with E-state index >= 15 is 0 Å². The molecule has 0 aromatic carbocycles. The molecule has 1 rings (SSSR count). The number of halogens is 1. The van der Waals surface area contributed by atoms with Gasteiger partial charge in [0.2, 0.25) is 17.2 Å². The molecular formula is C12H21ClN6O3. The van der Waals surface area contributed by atoms with Crippen LogP contribution in [0, 0.1) is 0 Å². The van der Waals surface area contributed by atoms with Crippen LogP contribution in [-0.4, -0.2) is 60.5 Å². The molecular weight excluding hydrogens is 312 g/mol. The summed E-state index contributed by atoms with van der Waals surface area (Å²) in [5, 5.41) is 8.53. The molecule has 0 saturated carbocycles. The number of hydrogen-bond acceptors (Lipinski definition) is 8. The second-order valence-electron chi connectivity index (χ2n) is 4.53. The van der Waals surface area contributed by atoms with Crippen molar-refractivity contribution >= 4 is 29.6 Å². The zero-order valence-corrected chi connectivity index (χ0v) is 13.6. The molecule has 0 spiro atoms. The second kappa shape index (κ2) is 9.96. The zero-order chi connectivity index (χ0) is 16.4. The van der Waals surface area contributed by atoms with Gasteiger partial charge in [-0.3, -0.25) is 0 Å². The monoisotopic (exact) mass is 332 g/mol. The maximum atomic E-state index is 11.3. The van der Waals surface area contributed by atoms with Crippen LogP contribution in [0.1, 0.15) is 13.8 Å². The van der Waals surface area contributed by atoms with E-state index in [4.69, 9.17) is 21.1 Å². The van der Waals surface area contributed by atoms with E-state index in [1.54, 1.807) is 7.11 Å². The number of aromatic nitrogens is 3. The first kappa shape index (κ1) is 18.2. The fraction of sp³-hybridized carbons (Fsp3) is 0.667. The van der Waals surface area contributed by atoms with E-state index in [0.717, 1.165) is 0 Å². The summed E-state index contributed by atoms with van der Waals surface area (Å²) in [6.07, 6.45) is -0.465. The molecule has 1 aromatic rings. The maximum absolute atomic E-state index is 11.3. The lowest BCUT2D eigenvalue weighted by molar-refractivity contribution is 0.148. The molecule has 0 aliphatic rings. The van der Waals surface area contributed by atoms with Crippen LogP contribution in [0.3, 0.4) is 0 Å². The summed E-state index contributed by atoms with van der Waals surface area (Å²) in [6, 6.07) is 0.0310. The first-order valence-electron chi connectivity index (χ1n) is 6.82. The van der Waals surface area contributed by atoms with Gasteiger partial charge in [0.1, 0.15) is 6.61 Å². The zero-order valence-electron chi connectivity index (χ0n) is 12.9. The first-order valence-corrected chi connectivity index (χ1v) is 7.20. The van der Waals surface area contributed by atoms with Crippen LogP contribution >= 0.6 is 11.6 Å². The lowest BCUT2D eigenvalue weighted by Crippen LogP contribution is -2.31. The van der Waals surface area contributed by atoms with Crippen molar-refractivity contribution in [2.75, 3.05) is 44.0 Å². The number of nitrogens with one attached hydrogen (secondary N) is 3. The summed E-state index contributed by atoms with van der Waals surface area (Å²) < 4.78 is 9.88. The third kappa shape index (κ3) is 7.79. The summed E-state index contributed by atoms with van der Waals surface area (Å²) in [6.45, 7) is 5.30. The van der Waals surface area contributed by atoms with Crippen molar-refractivity contribution < 1.29 is 14.3 Å². The van der Waals surface area contributed by atoms with Gasteiger partial charge in [-0.05, 0) is 25.4 Å². The van der Waals surface area contributed by atoms with Crippen molar-refractivity contribution in [3.63, 3.8) is 0 Å². The van der Waals surface area contributed by atoms with Gasteiger partial charge in [0.05, 0.1) is 13.2 Å². The topological polar surface area (TPSA) is 110 Å². The number of carbonyl (C=O) groups excluding carboxylic acids is 1. The van der Waals surface area contributed by atoms with E-state index in [0.29, 0.717) is 31.6 Å². The lowest BCUT2D eigenvalue weighted by Gasteiger charge is -2.10. The Kier molecular flexibility index (Phi) is 8.23. The number of nitrogens with zero attached hydrogens (tertiary/aromatic N) is 3. The highest BCUT2D eigenvalue weighted by Gasteiger charge is 2.06. The van der Waals surface area contributed by atoms with Crippen LogP contribution in [0.4, 0.5) is 16.7 Å². The van der Waals surface area contributed by atoms with Gasteiger partial charge in [-0.1, -0.05) is 0 Å². The number of amides is 1. The standard InChI is InChI=1S/C12H21ClN6O3/c1-8(2)16-12(20)22-7-5-15-11-18-9(13)17-10(19-11)14-4-6-21-3/h8H,4-7H2,1-3H3,(H,16,20)(H2,14,15,17,18,19). The molecule has 0 radical (unpaired) electrons. The van der Waals surface area contributed by atoms with E-state index in [9.17, 15) is 4.79 Å². The molecule has 10 heteroatoms. The van der Waals surface area contributed by atoms with Gasteiger partial charge in [-0.2, -0.15) is 15.0 Å². The summed E-state index contributed by atoms with van der Waals surface area (Å²) >= 11 is 5.81. The molecule has 0 aliphatic carbocycles. The average molecular weight is 333 g/mol. The van der Waals surface area contributed by atoms with E-state index < -0.39 is 6.09 Å². The van der Waals surface area contributed by atoms with E-state index in [1.807, 2.05) is 13.8 Å². The number of carbonyl (C=O) groups is 1. The van der Waals surface area contributed by atoms with Gasteiger partial charge in [0.15, 0.2) is 0 Å². The molecule has 1 aromatic heterocycles. The largest absolute Gasteiger partial charge is 0.448 e. The summed E-state index contributed by atoms with van der Waals surface area (Å²) in [5.74, 6) is 0.644. The highest BCUT2D eigenvalue weighted by Crippen LogP contribution is 2.08. The molecule has 3 N–H and O–H groups in total. The Morgan fingerprint density at radius 1 is 1.14 bits per heavy atom. The molecule has 0 bridgehead atoms. The minimum atomic E-state index is -0.465. The Hall–Kier alpha value is -1.87. The van der Waals surface area contributed by atoms with Gasteiger partial charge in [-0.25, -0.2) is 4.79 Å². The molecule has 22 heavy (non-hydrogen) atoms. The molecule has 9 nitrogen and oxygen atoms in total. The molecule has 0 atom stereocenters. The number of rotatable bonds is 9. The van der Waals surface area contributed by atoms with Crippen molar-refractivity contribution in [2.45, 2.75) is 19.9 Å². The first-order chi connectivity index (χ1) is 10.5. The smallest absolute Gasteiger partial charge is 0.407 e. The number of alkyl carbamates (subject to hydrolysis) is 1. The number of anilines is 2. The molecule has 0 fully saturated rings. The number of hydrogen-bond donors (Lipinski definition) is 3. The minimum absolute atomic E-state index is 0.0310. The van der Waals surface area contributed by atoms with Crippen LogP contribution in [-0.2, 0) is 9.47 Å². The van der Waals surface area contributed by atoms with E-state index in [2.05, 4.69) is 30.9 Å².